The van der Waals surface area contributed by atoms with E-state index < -0.39 is 0 Å². The van der Waals surface area contributed by atoms with E-state index >= 15 is 0 Å². The zero-order valence-electron chi connectivity index (χ0n) is 6.74. The first-order valence-corrected chi connectivity index (χ1v) is 3.48. The minimum Gasteiger partial charge on any atom is -0.408 e. The Balaban J connectivity index is 3.03. The number of fused-ring (bicyclic) bond motifs is 1. The van der Waals surface area contributed by atoms with E-state index in [0.29, 0.717) is 16.9 Å². The lowest BCUT2D eigenvalue weighted by Crippen LogP contribution is -2.03. The van der Waals surface area contributed by atoms with E-state index in [9.17, 15) is 4.79 Å². The van der Waals surface area contributed by atoms with Crippen LogP contribution in [-0.2, 0) is 7.05 Å². The van der Waals surface area contributed by atoms with Gasteiger partial charge >= 0.3 is 5.63 Å². The number of nitrogens with zero attached hydrogens (tertiary/aromatic N) is 3. The van der Waals surface area contributed by atoms with Crippen LogP contribution in [0.4, 0.5) is 0 Å². The summed E-state index contributed by atoms with van der Waals surface area (Å²) in [6.45, 7) is 1.63. The first-order valence-electron chi connectivity index (χ1n) is 3.48. The second kappa shape index (κ2) is 2.17. The molecule has 0 saturated heterocycles. The van der Waals surface area contributed by atoms with Crippen molar-refractivity contribution in [1.29, 1.82) is 0 Å². The number of hydrogen-bond acceptors (Lipinski definition) is 4. The molecule has 0 fully saturated rings. The molecule has 2 rings (SSSR count). The highest BCUT2D eigenvalue weighted by Crippen LogP contribution is 2.04. The van der Waals surface area contributed by atoms with E-state index in [1.807, 2.05) is 0 Å². The van der Waals surface area contributed by atoms with Gasteiger partial charge in [0.15, 0.2) is 11.5 Å². The molecule has 2 heterocycles. The second-order valence-corrected chi connectivity index (χ2v) is 2.53. The molecule has 12 heavy (non-hydrogen) atoms. The van der Waals surface area contributed by atoms with Crippen molar-refractivity contribution in [2.75, 3.05) is 0 Å². The third kappa shape index (κ3) is 0.827. The van der Waals surface area contributed by atoms with Gasteiger partial charge in [0.05, 0.1) is 6.20 Å². The lowest BCUT2D eigenvalue weighted by atomic mass is 10.4. The molecule has 62 valence electrons. The van der Waals surface area contributed by atoms with Gasteiger partial charge in [-0.05, 0) is 0 Å². The van der Waals surface area contributed by atoms with Crippen LogP contribution < -0.4 is 5.63 Å². The largest absolute Gasteiger partial charge is 0.408 e. The molecule has 2 aromatic rings. The smallest absolute Gasteiger partial charge is 0.350 e. The maximum atomic E-state index is 11.2. The van der Waals surface area contributed by atoms with E-state index in [1.54, 1.807) is 18.7 Å². The van der Waals surface area contributed by atoms with Crippen LogP contribution in [-0.4, -0.2) is 14.8 Å². The van der Waals surface area contributed by atoms with Gasteiger partial charge in [0.25, 0.3) is 0 Å². The normalized spacial score (nSPS) is 10.8. The SMILES string of the molecule is Cc1nc2c(cnn2C)c(=O)o1. The van der Waals surface area contributed by atoms with Crippen molar-refractivity contribution in [2.24, 2.45) is 7.05 Å². The van der Waals surface area contributed by atoms with Crippen molar-refractivity contribution < 1.29 is 4.42 Å². The molecule has 0 bridgehead atoms. The molecule has 5 nitrogen and oxygen atoms in total. The second-order valence-electron chi connectivity index (χ2n) is 2.53. The Hall–Kier alpha value is -1.65. The van der Waals surface area contributed by atoms with Gasteiger partial charge in [0, 0.05) is 14.0 Å². The first-order chi connectivity index (χ1) is 5.68. The number of aromatic nitrogens is 3. The fourth-order valence-corrected chi connectivity index (χ4v) is 1.07. The van der Waals surface area contributed by atoms with Gasteiger partial charge in [-0.2, -0.15) is 10.1 Å². The van der Waals surface area contributed by atoms with Gasteiger partial charge in [0.1, 0.15) is 5.39 Å². The number of rotatable bonds is 0. The molecule has 0 aliphatic rings. The molecule has 0 aromatic carbocycles. The van der Waals surface area contributed by atoms with Crippen molar-refractivity contribution in [3.05, 3.63) is 22.5 Å². The monoisotopic (exact) mass is 165 g/mol. The molecule has 0 aliphatic heterocycles. The third-order valence-electron chi connectivity index (χ3n) is 1.63. The van der Waals surface area contributed by atoms with Gasteiger partial charge in [-0.25, -0.2) is 4.79 Å². The topological polar surface area (TPSA) is 60.9 Å². The van der Waals surface area contributed by atoms with Crippen LogP contribution in [0.15, 0.2) is 15.4 Å². The summed E-state index contributed by atoms with van der Waals surface area (Å²) in [4.78, 5) is 15.2. The quantitative estimate of drug-likeness (QED) is 0.560. The Morgan fingerprint density at radius 3 is 3.08 bits per heavy atom. The Kier molecular flexibility index (Phi) is 1.27. The van der Waals surface area contributed by atoms with Crippen molar-refractivity contribution in [1.82, 2.24) is 14.8 Å². The van der Waals surface area contributed by atoms with Crippen molar-refractivity contribution in [3.8, 4) is 0 Å². The molecular formula is C7H7N3O2. The van der Waals surface area contributed by atoms with Gasteiger partial charge in [-0.1, -0.05) is 0 Å². The molecule has 0 atom stereocenters. The van der Waals surface area contributed by atoms with Gasteiger partial charge < -0.3 is 4.42 Å². The van der Waals surface area contributed by atoms with Crippen LogP contribution in [0.1, 0.15) is 5.89 Å². The van der Waals surface area contributed by atoms with Gasteiger partial charge in [-0.15, -0.1) is 0 Å². The summed E-state index contributed by atoms with van der Waals surface area (Å²) in [6.07, 6.45) is 1.45. The van der Waals surface area contributed by atoms with Gasteiger partial charge in [0.2, 0.25) is 0 Å². The van der Waals surface area contributed by atoms with Crippen LogP contribution in [0.5, 0.6) is 0 Å². The van der Waals surface area contributed by atoms with Crippen molar-refractivity contribution >= 4 is 11.0 Å². The lowest BCUT2D eigenvalue weighted by molar-refractivity contribution is 0.466. The molecule has 0 spiro atoms. The Labute approximate surface area is 67.6 Å². The average Bonchev–Trinajstić information content (AvgIpc) is 2.33. The number of aryl methyl sites for hydroxylation is 2. The van der Waals surface area contributed by atoms with Crippen molar-refractivity contribution in [3.63, 3.8) is 0 Å². The molecule has 0 radical (unpaired) electrons. The predicted octanol–water partition coefficient (Wildman–Crippen LogP) is 0.230. The molecule has 5 heteroatoms. The average molecular weight is 165 g/mol. The summed E-state index contributed by atoms with van der Waals surface area (Å²) < 4.78 is 6.32. The lowest BCUT2D eigenvalue weighted by Gasteiger charge is -1.92. The van der Waals surface area contributed by atoms with E-state index in [-0.39, 0.29) is 5.63 Å². The predicted molar refractivity (Wildman–Crippen MR) is 41.8 cm³/mol. The number of hydrogen-bond donors (Lipinski definition) is 0. The summed E-state index contributed by atoms with van der Waals surface area (Å²) >= 11 is 0. The van der Waals surface area contributed by atoms with Crippen molar-refractivity contribution in [2.45, 2.75) is 6.92 Å². The zero-order valence-corrected chi connectivity index (χ0v) is 6.74. The highest BCUT2D eigenvalue weighted by Gasteiger charge is 2.06. The summed E-state index contributed by atoms with van der Waals surface area (Å²) in [7, 11) is 1.73. The Morgan fingerprint density at radius 2 is 2.33 bits per heavy atom. The molecule has 0 saturated carbocycles. The molecule has 2 aromatic heterocycles. The molecule has 0 aliphatic carbocycles. The van der Waals surface area contributed by atoms with Gasteiger partial charge in [-0.3, -0.25) is 4.68 Å². The maximum Gasteiger partial charge on any atom is 0.350 e. The third-order valence-corrected chi connectivity index (χ3v) is 1.63. The molecular weight excluding hydrogens is 158 g/mol. The van der Waals surface area contributed by atoms with Crippen LogP contribution in [0, 0.1) is 6.92 Å². The minimum absolute atomic E-state index is 0.358. The highest BCUT2D eigenvalue weighted by molar-refractivity contribution is 5.72. The zero-order chi connectivity index (χ0) is 8.72. The van der Waals surface area contributed by atoms with E-state index in [2.05, 4.69) is 10.1 Å². The standard InChI is InChI=1S/C7H7N3O2/c1-4-9-6-5(7(11)12-4)3-8-10(6)2/h3H,1-2H3. The first kappa shape index (κ1) is 7.02. The Morgan fingerprint density at radius 1 is 1.58 bits per heavy atom. The fraction of sp³-hybridized carbons (Fsp3) is 0.286. The van der Waals surface area contributed by atoms with Crippen LogP contribution in [0.2, 0.25) is 0 Å². The highest BCUT2D eigenvalue weighted by atomic mass is 16.4. The maximum absolute atomic E-state index is 11.2. The molecule has 0 amide bonds. The van der Waals surface area contributed by atoms with Crippen LogP contribution in [0.25, 0.3) is 11.0 Å². The summed E-state index contributed by atoms with van der Waals surface area (Å²) in [6, 6.07) is 0. The van der Waals surface area contributed by atoms with E-state index in [4.69, 9.17) is 4.42 Å². The fourth-order valence-electron chi connectivity index (χ4n) is 1.07. The summed E-state index contributed by atoms with van der Waals surface area (Å²) in [5, 5.41) is 4.31. The minimum atomic E-state index is -0.384. The Bertz CT molecular complexity index is 483. The van der Waals surface area contributed by atoms with Crippen LogP contribution >= 0.6 is 0 Å². The molecule has 0 N–H and O–H groups in total. The molecule has 0 unspecified atom stereocenters. The van der Waals surface area contributed by atoms with E-state index in [0.717, 1.165) is 0 Å². The van der Waals surface area contributed by atoms with Crippen LogP contribution in [0.3, 0.4) is 0 Å². The van der Waals surface area contributed by atoms with E-state index in [1.165, 1.54) is 6.20 Å². The summed E-state index contributed by atoms with van der Waals surface area (Å²) in [5.74, 6) is 0.358. The summed E-state index contributed by atoms with van der Waals surface area (Å²) in [5.41, 5.74) is 0.175.